The maximum atomic E-state index is 11.9. The van der Waals surface area contributed by atoms with E-state index in [4.69, 9.17) is 0 Å². The summed E-state index contributed by atoms with van der Waals surface area (Å²) >= 11 is 0. The topological polar surface area (TPSA) is 59.1 Å². The second kappa shape index (κ2) is 8.49. The number of nitrogens with one attached hydrogen (secondary N) is 1. The molecule has 2 aliphatic rings. The van der Waals surface area contributed by atoms with E-state index in [2.05, 4.69) is 66.5 Å². The number of hydrogen-bond donors (Lipinski definition) is 2. The normalized spacial score (nSPS) is 31.6. The lowest BCUT2D eigenvalue weighted by molar-refractivity contribution is -0.128. The van der Waals surface area contributed by atoms with Gasteiger partial charge in [-0.15, -0.1) is 0 Å². The number of benzene rings is 1. The molecule has 156 valence electrons. The molecule has 6 heteroatoms. The van der Waals surface area contributed by atoms with Gasteiger partial charge >= 0.3 is 0 Å². The number of amides is 1. The molecular formula is C22H36N4O2. The van der Waals surface area contributed by atoms with Crippen molar-refractivity contribution in [2.45, 2.75) is 56.5 Å². The molecule has 1 spiro atoms. The van der Waals surface area contributed by atoms with Crippen molar-refractivity contribution in [1.82, 2.24) is 20.0 Å². The maximum Gasteiger partial charge on any atom is 0.234 e. The largest absolute Gasteiger partial charge is 0.365 e. The minimum atomic E-state index is -0.680. The molecule has 2 fully saturated rings. The van der Waals surface area contributed by atoms with E-state index in [1.165, 1.54) is 5.56 Å². The van der Waals surface area contributed by atoms with Gasteiger partial charge in [-0.25, -0.2) is 0 Å². The summed E-state index contributed by atoms with van der Waals surface area (Å²) in [4.78, 5) is 18.5. The van der Waals surface area contributed by atoms with E-state index in [0.717, 1.165) is 45.2 Å². The Morgan fingerprint density at radius 3 is 2.39 bits per heavy atom. The first-order valence-corrected chi connectivity index (χ1v) is 10.5. The molecule has 3 rings (SSSR count). The molecule has 1 unspecified atom stereocenters. The monoisotopic (exact) mass is 388 g/mol. The highest BCUT2D eigenvalue weighted by Crippen LogP contribution is 2.49. The van der Waals surface area contributed by atoms with Gasteiger partial charge in [-0.1, -0.05) is 37.3 Å². The summed E-state index contributed by atoms with van der Waals surface area (Å²) in [7, 11) is 6.00. The van der Waals surface area contributed by atoms with Crippen molar-refractivity contribution in [2.75, 3.05) is 40.8 Å². The third-order valence-electron chi connectivity index (χ3n) is 6.98. The molecule has 0 radical (unpaired) electrons. The van der Waals surface area contributed by atoms with Crippen LogP contribution in [0.4, 0.5) is 0 Å². The molecule has 1 aromatic carbocycles. The fraction of sp³-hybridized carbons (Fsp3) is 0.682. The lowest BCUT2D eigenvalue weighted by Crippen LogP contribution is -2.56. The Hall–Kier alpha value is -1.47. The first-order chi connectivity index (χ1) is 13.4. The molecule has 1 atom stereocenters. The van der Waals surface area contributed by atoms with Crippen LogP contribution in [0.25, 0.3) is 0 Å². The SMILES string of the molecule is CCCN1C(O)N(CC(=O)NC)CC12CCC(c1ccccc1)(N(C)C)CC2. The van der Waals surface area contributed by atoms with Crippen LogP contribution in [0.2, 0.25) is 0 Å². The van der Waals surface area contributed by atoms with Gasteiger partial charge in [0.2, 0.25) is 5.91 Å². The van der Waals surface area contributed by atoms with Crippen LogP contribution in [0.15, 0.2) is 30.3 Å². The number of hydrogen-bond acceptors (Lipinski definition) is 5. The zero-order valence-corrected chi connectivity index (χ0v) is 17.8. The highest BCUT2D eigenvalue weighted by Gasteiger charge is 2.54. The Morgan fingerprint density at radius 1 is 1.21 bits per heavy atom. The highest BCUT2D eigenvalue weighted by atomic mass is 16.3. The molecule has 1 aliphatic carbocycles. The van der Waals surface area contributed by atoms with Crippen molar-refractivity contribution < 1.29 is 9.90 Å². The molecule has 0 aromatic heterocycles. The number of likely N-dealkylation sites (N-methyl/N-ethyl adjacent to an activating group) is 1. The van der Waals surface area contributed by atoms with Crippen LogP contribution in [-0.4, -0.2) is 78.4 Å². The number of rotatable bonds is 6. The fourth-order valence-corrected chi connectivity index (χ4v) is 5.30. The van der Waals surface area contributed by atoms with E-state index in [1.807, 2.05) is 4.90 Å². The molecule has 28 heavy (non-hydrogen) atoms. The second-order valence-electron chi connectivity index (χ2n) is 8.63. The molecule has 6 nitrogen and oxygen atoms in total. The van der Waals surface area contributed by atoms with Crippen molar-refractivity contribution in [3.63, 3.8) is 0 Å². The lowest BCUT2D eigenvalue weighted by atomic mass is 9.68. The van der Waals surface area contributed by atoms with E-state index in [-0.39, 0.29) is 23.5 Å². The molecule has 1 saturated heterocycles. The molecule has 1 amide bonds. The van der Waals surface area contributed by atoms with Crippen molar-refractivity contribution in [3.05, 3.63) is 35.9 Å². The highest BCUT2D eigenvalue weighted by molar-refractivity contribution is 5.77. The van der Waals surface area contributed by atoms with E-state index >= 15 is 0 Å². The Bertz CT molecular complexity index is 656. The van der Waals surface area contributed by atoms with Crippen LogP contribution >= 0.6 is 0 Å². The molecule has 1 heterocycles. The summed E-state index contributed by atoms with van der Waals surface area (Å²) in [6, 6.07) is 10.8. The average Bonchev–Trinajstić information content (AvgIpc) is 2.95. The third kappa shape index (κ3) is 3.71. The Labute approximate surface area is 169 Å². The number of aliphatic hydroxyl groups excluding tert-OH is 1. The smallest absolute Gasteiger partial charge is 0.234 e. The quantitative estimate of drug-likeness (QED) is 0.778. The molecule has 2 N–H and O–H groups in total. The molecule has 0 bridgehead atoms. The first kappa shape index (κ1) is 21.2. The molecule has 1 aromatic rings. The van der Waals surface area contributed by atoms with E-state index in [9.17, 15) is 9.90 Å². The number of nitrogens with zero attached hydrogens (tertiary/aromatic N) is 3. The van der Waals surface area contributed by atoms with Crippen molar-refractivity contribution in [2.24, 2.45) is 0 Å². The predicted octanol–water partition coefficient (Wildman–Crippen LogP) is 1.81. The Morgan fingerprint density at radius 2 is 1.86 bits per heavy atom. The van der Waals surface area contributed by atoms with Gasteiger partial charge in [0, 0.05) is 31.2 Å². The minimum absolute atomic E-state index is 0.0313. The van der Waals surface area contributed by atoms with Crippen molar-refractivity contribution in [1.29, 1.82) is 0 Å². The van der Waals surface area contributed by atoms with Gasteiger partial charge in [0.05, 0.1) is 6.54 Å². The van der Waals surface area contributed by atoms with Crippen LogP contribution in [0, 0.1) is 0 Å². The Kier molecular flexibility index (Phi) is 6.44. The van der Waals surface area contributed by atoms with Gasteiger partial charge in [-0.2, -0.15) is 0 Å². The fourth-order valence-electron chi connectivity index (χ4n) is 5.30. The van der Waals surface area contributed by atoms with Gasteiger partial charge in [-0.3, -0.25) is 19.5 Å². The average molecular weight is 389 g/mol. The van der Waals surface area contributed by atoms with Gasteiger partial charge in [0.25, 0.3) is 0 Å². The number of aliphatic hydroxyl groups is 1. The Balaban J connectivity index is 1.84. The van der Waals surface area contributed by atoms with Crippen molar-refractivity contribution >= 4 is 5.91 Å². The van der Waals surface area contributed by atoms with E-state index in [0.29, 0.717) is 0 Å². The summed E-state index contributed by atoms with van der Waals surface area (Å²) in [5, 5.41) is 13.6. The van der Waals surface area contributed by atoms with Crippen LogP contribution in [-0.2, 0) is 10.3 Å². The van der Waals surface area contributed by atoms with Gasteiger partial charge in [0.15, 0.2) is 6.35 Å². The summed E-state index contributed by atoms with van der Waals surface area (Å²) in [6.45, 7) is 4.00. The molecule has 1 saturated carbocycles. The van der Waals surface area contributed by atoms with Crippen LogP contribution in [0.5, 0.6) is 0 Å². The summed E-state index contributed by atoms with van der Waals surface area (Å²) < 4.78 is 0. The van der Waals surface area contributed by atoms with Crippen LogP contribution < -0.4 is 5.32 Å². The summed E-state index contributed by atoms with van der Waals surface area (Å²) in [6.07, 6.45) is 4.43. The standard InChI is InChI=1S/C22H36N4O2/c1-5-15-26-20(28)25(16-19(27)23-2)17-21(26)11-13-22(14-12-21,24(3)4)18-9-7-6-8-10-18/h6-10,20,28H,5,11-17H2,1-4H3,(H,23,27). The zero-order valence-electron chi connectivity index (χ0n) is 17.8. The molecular weight excluding hydrogens is 352 g/mol. The number of carbonyl (C=O) groups is 1. The number of carbonyl (C=O) groups excluding carboxylic acids is 1. The second-order valence-corrected chi connectivity index (χ2v) is 8.63. The van der Waals surface area contributed by atoms with Gasteiger partial charge in [-0.05, 0) is 51.8 Å². The molecule has 1 aliphatic heterocycles. The van der Waals surface area contributed by atoms with E-state index in [1.54, 1.807) is 7.05 Å². The van der Waals surface area contributed by atoms with Crippen molar-refractivity contribution in [3.8, 4) is 0 Å². The maximum absolute atomic E-state index is 11.9. The first-order valence-electron chi connectivity index (χ1n) is 10.5. The van der Waals surface area contributed by atoms with Gasteiger partial charge in [0.1, 0.15) is 0 Å². The van der Waals surface area contributed by atoms with Crippen LogP contribution in [0.3, 0.4) is 0 Å². The van der Waals surface area contributed by atoms with Crippen LogP contribution in [0.1, 0.15) is 44.6 Å². The lowest BCUT2D eigenvalue weighted by Gasteiger charge is -2.51. The van der Waals surface area contributed by atoms with E-state index < -0.39 is 6.35 Å². The third-order valence-corrected chi connectivity index (χ3v) is 6.98. The predicted molar refractivity (Wildman–Crippen MR) is 112 cm³/mol. The van der Waals surface area contributed by atoms with Gasteiger partial charge < -0.3 is 10.4 Å². The zero-order chi connectivity index (χ0) is 20.4. The summed E-state index contributed by atoms with van der Waals surface area (Å²) in [5.74, 6) is -0.0460. The summed E-state index contributed by atoms with van der Waals surface area (Å²) in [5.41, 5.74) is 1.35. The minimum Gasteiger partial charge on any atom is -0.365 e.